The summed E-state index contributed by atoms with van der Waals surface area (Å²) in [5.41, 5.74) is 4.09. The first kappa shape index (κ1) is 62.2. The summed E-state index contributed by atoms with van der Waals surface area (Å²) < 4.78 is 1.89. The minimum absolute atomic E-state index is 0.100. The molecule has 2 atom stereocenters. The molecule has 0 aliphatic carbocycles. The van der Waals surface area contributed by atoms with Gasteiger partial charge in [-0.1, -0.05) is 291 Å². The second kappa shape index (κ2) is 39.1. The molecule has 2 heterocycles. The number of benzene rings is 2. The lowest BCUT2D eigenvalue weighted by Gasteiger charge is -2.25. The molecule has 2 aliphatic rings. The van der Waals surface area contributed by atoms with Crippen LogP contribution in [0.4, 0.5) is 11.4 Å². The van der Waals surface area contributed by atoms with Crippen molar-refractivity contribution in [2.75, 3.05) is 22.9 Å². The van der Waals surface area contributed by atoms with E-state index in [1.165, 1.54) is 231 Å². The standard InChI is InChI=1S/C64H104Br2N4O2/c1-5-9-13-17-21-25-27-31-35-39-43-53(41-37-33-29-23-19-15-11-7-3)51-69-59-49-55(65)45-47-57(59)61(63(69)71)67-68-62-58-48-46-56(66)50-60(58)70(64(62)72)52-54(42-38-34-30-24-20-16-12-8-4)44-40-36-32-28-26-22-18-14-10-6-2/h45-50,53-54H,5-44,51-52H2,1-4H3/b67-61-,68-62+. The molecule has 0 radical (unpaired) electrons. The highest BCUT2D eigenvalue weighted by molar-refractivity contribution is 9.10. The van der Waals surface area contributed by atoms with Crippen molar-refractivity contribution < 1.29 is 9.59 Å². The zero-order valence-corrected chi connectivity index (χ0v) is 49.9. The molecule has 0 aromatic heterocycles. The van der Waals surface area contributed by atoms with Crippen LogP contribution < -0.4 is 9.80 Å². The molecule has 2 aromatic carbocycles. The molecule has 0 bridgehead atoms. The van der Waals surface area contributed by atoms with E-state index in [9.17, 15) is 9.59 Å². The van der Waals surface area contributed by atoms with Crippen LogP contribution in [0.15, 0.2) is 55.5 Å². The number of unbranched alkanes of at least 4 members (excludes halogenated alkanes) is 32. The Morgan fingerprint density at radius 1 is 0.361 bits per heavy atom. The Balaban J connectivity index is 1.47. The van der Waals surface area contributed by atoms with Crippen molar-refractivity contribution >= 4 is 66.5 Å². The number of fused-ring (bicyclic) bond motifs is 2. The number of hydrogen-bond acceptors (Lipinski definition) is 4. The van der Waals surface area contributed by atoms with Crippen molar-refractivity contribution in [2.45, 2.75) is 285 Å². The van der Waals surface area contributed by atoms with Crippen molar-refractivity contribution in [3.05, 3.63) is 56.5 Å². The third kappa shape index (κ3) is 23.7. The molecule has 0 N–H and O–H groups in total. The summed E-state index contributed by atoms with van der Waals surface area (Å²) in [4.78, 5) is 33.4. The highest BCUT2D eigenvalue weighted by Crippen LogP contribution is 2.37. The molecule has 406 valence electrons. The fourth-order valence-corrected chi connectivity index (χ4v) is 12.1. The number of nitrogens with zero attached hydrogens (tertiary/aromatic N) is 4. The second-order valence-corrected chi connectivity index (χ2v) is 24.1. The van der Waals surface area contributed by atoms with Crippen LogP contribution in [-0.2, 0) is 9.59 Å². The van der Waals surface area contributed by atoms with E-state index in [0.29, 0.717) is 36.3 Å². The Bertz CT molecular complexity index is 1710. The molecular formula is C64H104Br2N4O2. The molecular weight excluding hydrogens is 1020 g/mol. The fraction of sp³-hybridized carbons (Fsp3) is 0.750. The Morgan fingerprint density at radius 3 is 0.847 bits per heavy atom. The minimum atomic E-state index is -0.100. The van der Waals surface area contributed by atoms with Gasteiger partial charge >= 0.3 is 0 Å². The van der Waals surface area contributed by atoms with E-state index >= 15 is 0 Å². The topological polar surface area (TPSA) is 65.3 Å². The molecule has 72 heavy (non-hydrogen) atoms. The third-order valence-electron chi connectivity index (χ3n) is 15.9. The van der Waals surface area contributed by atoms with Gasteiger partial charge in [0.25, 0.3) is 11.8 Å². The molecule has 2 aliphatic heterocycles. The van der Waals surface area contributed by atoms with Gasteiger partial charge in [-0.2, -0.15) is 0 Å². The van der Waals surface area contributed by atoms with Gasteiger partial charge in [0, 0.05) is 33.2 Å². The van der Waals surface area contributed by atoms with Gasteiger partial charge in [-0.3, -0.25) is 9.59 Å². The van der Waals surface area contributed by atoms with E-state index in [4.69, 9.17) is 10.2 Å². The summed E-state index contributed by atoms with van der Waals surface area (Å²) >= 11 is 7.47. The maximum absolute atomic E-state index is 14.7. The largest absolute Gasteiger partial charge is 0.306 e. The van der Waals surface area contributed by atoms with Crippen LogP contribution in [0.2, 0.25) is 0 Å². The predicted molar refractivity (Wildman–Crippen MR) is 320 cm³/mol. The molecule has 2 aromatic rings. The second-order valence-electron chi connectivity index (χ2n) is 22.3. The van der Waals surface area contributed by atoms with Gasteiger partial charge in [-0.25, -0.2) is 0 Å². The average molecular weight is 1120 g/mol. The number of anilines is 2. The normalized spacial score (nSPS) is 15.4. The maximum atomic E-state index is 14.7. The molecule has 0 saturated heterocycles. The first-order chi connectivity index (χ1) is 35.3. The van der Waals surface area contributed by atoms with E-state index in [-0.39, 0.29) is 11.8 Å². The van der Waals surface area contributed by atoms with Gasteiger partial charge in [0.05, 0.1) is 11.4 Å². The van der Waals surface area contributed by atoms with Gasteiger partial charge < -0.3 is 9.80 Å². The van der Waals surface area contributed by atoms with Crippen molar-refractivity contribution in [2.24, 2.45) is 22.0 Å². The van der Waals surface area contributed by atoms with Crippen LogP contribution in [0, 0.1) is 11.8 Å². The lowest BCUT2D eigenvalue weighted by molar-refractivity contribution is -0.113. The van der Waals surface area contributed by atoms with Crippen LogP contribution in [0.3, 0.4) is 0 Å². The van der Waals surface area contributed by atoms with Crippen LogP contribution >= 0.6 is 31.9 Å². The van der Waals surface area contributed by atoms with Gasteiger partial charge in [0.15, 0.2) is 11.4 Å². The van der Waals surface area contributed by atoms with Crippen molar-refractivity contribution in [3.63, 3.8) is 0 Å². The number of hydrogen-bond donors (Lipinski definition) is 0. The molecule has 0 fully saturated rings. The molecule has 0 spiro atoms. The Kier molecular flexibility index (Phi) is 33.8. The monoisotopic (exact) mass is 1120 g/mol. The number of carbonyl (C=O) groups is 2. The zero-order valence-electron chi connectivity index (χ0n) is 46.7. The smallest absolute Gasteiger partial charge is 0.279 e. The Hall–Kier alpha value is -2.32. The van der Waals surface area contributed by atoms with E-state index in [1.54, 1.807) is 0 Å². The molecule has 0 saturated carbocycles. The average Bonchev–Trinajstić information content (AvgIpc) is 3.78. The number of halogens is 2. The van der Waals surface area contributed by atoms with E-state index in [1.807, 2.05) is 34.1 Å². The summed E-state index contributed by atoms with van der Waals surface area (Å²) in [5.74, 6) is 0.651. The molecule has 4 rings (SSSR count). The van der Waals surface area contributed by atoms with Crippen LogP contribution in [0.1, 0.15) is 296 Å². The van der Waals surface area contributed by atoms with Crippen LogP contribution in [0.25, 0.3) is 0 Å². The summed E-state index contributed by atoms with van der Waals surface area (Å²) in [7, 11) is 0. The van der Waals surface area contributed by atoms with Gasteiger partial charge in [0.1, 0.15) is 0 Å². The number of carbonyl (C=O) groups excluding carboxylic acids is 2. The number of amides is 2. The SMILES string of the molecule is CCCCCCCCCCCCC(CCCCCCCCCC)CN1C(=O)/C(=N\N=C2\C(=O)N(CC(CCCCCCCCCC)CCCCCCCCCCCC)c3cc(Br)ccc32)c2ccc(Br)cc21. The van der Waals surface area contributed by atoms with E-state index < -0.39 is 0 Å². The van der Waals surface area contributed by atoms with Crippen LogP contribution in [-0.4, -0.2) is 36.3 Å². The summed E-state index contributed by atoms with van der Waals surface area (Å²) in [6, 6.07) is 12.2. The molecule has 2 amide bonds. The Morgan fingerprint density at radius 2 is 0.597 bits per heavy atom. The Labute approximate surface area is 459 Å². The van der Waals surface area contributed by atoms with Crippen molar-refractivity contribution in [1.29, 1.82) is 0 Å². The predicted octanol–water partition coefficient (Wildman–Crippen LogP) is 21.0. The molecule has 6 nitrogen and oxygen atoms in total. The highest BCUT2D eigenvalue weighted by atomic mass is 79.9. The molecule has 2 unspecified atom stereocenters. The zero-order chi connectivity index (χ0) is 51.4. The van der Waals surface area contributed by atoms with Crippen LogP contribution in [0.5, 0.6) is 0 Å². The minimum Gasteiger partial charge on any atom is -0.306 e. The lowest BCUT2D eigenvalue weighted by atomic mass is 9.93. The van der Waals surface area contributed by atoms with E-state index in [0.717, 1.165) is 57.1 Å². The van der Waals surface area contributed by atoms with Gasteiger partial charge in [-0.05, 0) is 73.9 Å². The highest BCUT2D eigenvalue weighted by Gasteiger charge is 2.38. The van der Waals surface area contributed by atoms with E-state index in [2.05, 4.69) is 71.7 Å². The first-order valence-corrected chi connectivity index (χ1v) is 32.3. The van der Waals surface area contributed by atoms with Crippen molar-refractivity contribution in [1.82, 2.24) is 0 Å². The maximum Gasteiger partial charge on any atom is 0.279 e. The first-order valence-electron chi connectivity index (χ1n) is 30.7. The fourth-order valence-electron chi connectivity index (χ4n) is 11.4. The van der Waals surface area contributed by atoms with Crippen molar-refractivity contribution in [3.8, 4) is 0 Å². The number of rotatable bonds is 45. The third-order valence-corrected chi connectivity index (χ3v) is 16.9. The molecule has 8 heteroatoms. The quantitative estimate of drug-likeness (QED) is 0.0490. The summed E-state index contributed by atoms with van der Waals surface area (Å²) in [6.07, 6.45) is 52.1. The lowest BCUT2D eigenvalue weighted by Crippen LogP contribution is -2.35. The summed E-state index contributed by atoms with van der Waals surface area (Å²) in [5, 5.41) is 9.57. The van der Waals surface area contributed by atoms with Gasteiger partial charge in [-0.15, -0.1) is 10.2 Å². The summed E-state index contributed by atoms with van der Waals surface area (Å²) in [6.45, 7) is 10.5. The van der Waals surface area contributed by atoms with Gasteiger partial charge in [0.2, 0.25) is 0 Å².